The van der Waals surface area contributed by atoms with Crippen LogP contribution in [0.1, 0.15) is 0 Å². The maximum Gasteiger partial charge on any atom is 0.167 e. The smallest absolute Gasteiger partial charge is 0.167 e. The third-order valence-electron chi connectivity index (χ3n) is 9.36. The zero-order chi connectivity index (χ0) is 33.0. The number of hydrogen-bond acceptors (Lipinski definition) is 5. The molecule has 0 fully saturated rings. The van der Waals surface area contributed by atoms with Gasteiger partial charge in [0.1, 0.15) is 11.2 Å². The first-order valence-electron chi connectivity index (χ1n) is 16.6. The summed E-state index contributed by atoms with van der Waals surface area (Å²) in [5, 5.41) is 4.63. The van der Waals surface area contributed by atoms with Crippen LogP contribution in [0.4, 0.5) is 0 Å². The van der Waals surface area contributed by atoms with Gasteiger partial charge in [-0.2, -0.15) is 0 Å². The highest BCUT2D eigenvalue weighted by Crippen LogP contribution is 2.47. The zero-order valence-electron chi connectivity index (χ0n) is 26.7. The van der Waals surface area contributed by atoms with Crippen molar-refractivity contribution in [2.24, 2.45) is 0 Å². The van der Waals surface area contributed by atoms with Crippen LogP contribution in [0.2, 0.25) is 0 Å². The average molecular weight is 658 g/mol. The van der Waals surface area contributed by atoms with Crippen molar-refractivity contribution in [3.8, 4) is 56.4 Å². The number of thiophene rings is 1. The van der Waals surface area contributed by atoms with E-state index < -0.39 is 0 Å². The minimum atomic E-state index is 0.572. The first-order chi connectivity index (χ1) is 24.8. The van der Waals surface area contributed by atoms with E-state index in [1.807, 2.05) is 78.1 Å². The van der Waals surface area contributed by atoms with Gasteiger partial charge in [0.25, 0.3) is 0 Å². The summed E-state index contributed by atoms with van der Waals surface area (Å²) in [6.07, 6.45) is 0. The number of aromatic nitrogens is 3. The van der Waals surface area contributed by atoms with Crippen LogP contribution in [0, 0.1) is 0 Å². The average Bonchev–Trinajstić information content (AvgIpc) is 3.78. The molecule has 0 aliphatic carbocycles. The lowest BCUT2D eigenvalue weighted by Crippen LogP contribution is -2.00. The second-order valence-corrected chi connectivity index (χ2v) is 13.4. The number of nitrogens with zero attached hydrogens (tertiary/aromatic N) is 3. The molecule has 0 bridgehead atoms. The molecule has 4 nitrogen and oxygen atoms in total. The van der Waals surface area contributed by atoms with E-state index in [4.69, 9.17) is 19.4 Å². The lowest BCUT2D eigenvalue weighted by atomic mass is 9.92. The van der Waals surface area contributed by atoms with E-state index in [9.17, 15) is 0 Å². The van der Waals surface area contributed by atoms with E-state index in [2.05, 4.69) is 97.1 Å². The van der Waals surface area contributed by atoms with Crippen LogP contribution in [0.3, 0.4) is 0 Å². The molecule has 0 saturated heterocycles. The highest BCUT2D eigenvalue weighted by atomic mass is 32.1. The summed E-state index contributed by atoms with van der Waals surface area (Å²) in [6, 6.07) is 56.7. The molecular formula is C45H27N3OS. The number of para-hydroxylation sites is 1. The van der Waals surface area contributed by atoms with E-state index in [0.717, 1.165) is 44.2 Å². The predicted molar refractivity (Wildman–Crippen MR) is 207 cm³/mol. The fraction of sp³-hybridized carbons (Fsp3) is 0. The van der Waals surface area contributed by atoms with Crippen molar-refractivity contribution in [2.75, 3.05) is 0 Å². The normalized spacial score (nSPS) is 11.6. The highest BCUT2D eigenvalue weighted by Gasteiger charge is 2.22. The largest absolute Gasteiger partial charge is 0.455 e. The Hall–Kier alpha value is -6.43. The van der Waals surface area contributed by atoms with Crippen molar-refractivity contribution in [3.05, 3.63) is 164 Å². The van der Waals surface area contributed by atoms with Gasteiger partial charge in [0.15, 0.2) is 17.5 Å². The fourth-order valence-corrected chi connectivity index (χ4v) is 8.34. The van der Waals surface area contributed by atoms with Crippen LogP contribution in [0.15, 0.2) is 168 Å². The molecule has 3 heterocycles. The quantitative estimate of drug-likeness (QED) is 0.185. The molecule has 50 heavy (non-hydrogen) atoms. The van der Waals surface area contributed by atoms with Crippen LogP contribution in [-0.4, -0.2) is 15.0 Å². The molecule has 0 aliphatic heterocycles. The standard InChI is InChI=1S/C45H27N3OS/c1-4-14-28(15-5-1)31-26-27-33(40-34-20-10-11-25-38(34)50-42(31)40)32-21-13-24-37-39(32)35-22-12-23-36(41(35)49-37)45-47-43(29-16-6-2-7-17-29)46-44(48-45)30-18-8-3-9-19-30/h1-27H. The van der Waals surface area contributed by atoms with E-state index in [1.165, 1.54) is 36.9 Å². The van der Waals surface area contributed by atoms with Crippen LogP contribution in [0.25, 0.3) is 98.5 Å². The molecule has 234 valence electrons. The Balaban J connectivity index is 1.22. The maximum absolute atomic E-state index is 6.77. The fourth-order valence-electron chi connectivity index (χ4n) is 7.08. The van der Waals surface area contributed by atoms with Crippen LogP contribution in [0.5, 0.6) is 0 Å². The van der Waals surface area contributed by atoms with Crippen molar-refractivity contribution >= 4 is 53.4 Å². The Labute approximate surface area is 292 Å². The van der Waals surface area contributed by atoms with Gasteiger partial charge in [-0.05, 0) is 40.5 Å². The molecule has 0 amide bonds. The summed E-state index contributed by atoms with van der Waals surface area (Å²) < 4.78 is 9.33. The number of furan rings is 1. The van der Waals surface area contributed by atoms with Gasteiger partial charge in [-0.25, -0.2) is 15.0 Å². The van der Waals surface area contributed by atoms with Gasteiger partial charge in [0.2, 0.25) is 0 Å². The Bertz CT molecular complexity index is 2800. The first kappa shape index (κ1) is 28.6. The summed E-state index contributed by atoms with van der Waals surface area (Å²) in [6.45, 7) is 0. The molecule has 10 aromatic rings. The minimum Gasteiger partial charge on any atom is -0.455 e. The summed E-state index contributed by atoms with van der Waals surface area (Å²) in [5.74, 6) is 1.81. The van der Waals surface area contributed by atoms with Gasteiger partial charge in [-0.1, -0.05) is 146 Å². The monoisotopic (exact) mass is 657 g/mol. The molecule has 0 N–H and O–H groups in total. The summed E-state index contributed by atoms with van der Waals surface area (Å²) in [7, 11) is 0. The van der Waals surface area contributed by atoms with Gasteiger partial charge in [0, 0.05) is 42.1 Å². The van der Waals surface area contributed by atoms with Crippen molar-refractivity contribution in [2.45, 2.75) is 0 Å². The van der Waals surface area contributed by atoms with E-state index >= 15 is 0 Å². The SMILES string of the molecule is c1ccc(-c2nc(-c3ccccc3)nc(-c3cccc4c3oc3cccc(-c5ccc(-c6ccccc6)c6sc7ccccc7c56)c34)n2)cc1. The van der Waals surface area contributed by atoms with Crippen LogP contribution < -0.4 is 0 Å². The predicted octanol–water partition coefficient (Wildman–Crippen LogP) is 12.5. The molecule has 7 aromatic carbocycles. The van der Waals surface area contributed by atoms with Gasteiger partial charge in [-0.15, -0.1) is 11.3 Å². The Morgan fingerprint density at radius 2 is 0.920 bits per heavy atom. The minimum absolute atomic E-state index is 0.572. The van der Waals surface area contributed by atoms with Gasteiger partial charge < -0.3 is 4.42 Å². The van der Waals surface area contributed by atoms with Crippen LogP contribution in [-0.2, 0) is 0 Å². The van der Waals surface area contributed by atoms with Crippen molar-refractivity contribution in [3.63, 3.8) is 0 Å². The van der Waals surface area contributed by atoms with Gasteiger partial charge in [-0.3, -0.25) is 0 Å². The molecule has 3 aromatic heterocycles. The topological polar surface area (TPSA) is 51.8 Å². The number of rotatable bonds is 5. The van der Waals surface area contributed by atoms with Crippen molar-refractivity contribution in [1.82, 2.24) is 15.0 Å². The third-order valence-corrected chi connectivity index (χ3v) is 10.6. The van der Waals surface area contributed by atoms with Gasteiger partial charge in [0.05, 0.1) is 5.56 Å². The van der Waals surface area contributed by atoms with Crippen molar-refractivity contribution < 1.29 is 4.42 Å². The molecule has 0 aliphatic rings. The number of hydrogen-bond donors (Lipinski definition) is 0. The summed E-state index contributed by atoms with van der Waals surface area (Å²) in [5.41, 5.74) is 9.05. The van der Waals surface area contributed by atoms with Crippen LogP contribution >= 0.6 is 11.3 Å². The summed E-state index contributed by atoms with van der Waals surface area (Å²) in [4.78, 5) is 15.0. The highest BCUT2D eigenvalue weighted by molar-refractivity contribution is 7.26. The molecule has 5 heteroatoms. The lowest BCUT2D eigenvalue weighted by molar-refractivity contribution is 0.669. The third kappa shape index (κ3) is 4.63. The van der Waals surface area contributed by atoms with Crippen molar-refractivity contribution in [1.29, 1.82) is 0 Å². The first-order valence-corrected chi connectivity index (χ1v) is 17.4. The molecule has 0 atom stereocenters. The number of benzene rings is 7. The maximum atomic E-state index is 6.77. The van der Waals surface area contributed by atoms with E-state index in [1.54, 1.807) is 0 Å². The lowest BCUT2D eigenvalue weighted by Gasteiger charge is -2.11. The second-order valence-electron chi connectivity index (χ2n) is 12.3. The second kappa shape index (κ2) is 11.6. The molecule has 0 saturated carbocycles. The molecule has 0 spiro atoms. The Kier molecular flexibility index (Phi) is 6.64. The summed E-state index contributed by atoms with van der Waals surface area (Å²) >= 11 is 1.86. The molecular weight excluding hydrogens is 631 g/mol. The Morgan fingerprint density at radius 3 is 1.64 bits per heavy atom. The molecule has 0 radical (unpaired) electrons. The Morgan fingerprint density at radius 1 is 0.380 bits per heavy atom. The molecule has 10 rings (SSSR count). The number of fused-ring (bicyclic) bond motifs is 6. The van der Waals surface area contributed by atoms with Gasteiger partial charge >= 0.3 is 0 Å². The van der Waals surface area contributed by atoms with E-state index in [0.29, 0.717) is 17.5 Å². The molecule has 0 unspecified atom stereocenters. The zero-order valence-corrected chi connectivity index (χ0v) is 27.6. The van der Waals surface area contributed by atoms with E-state index in [-0.39, 0.29) is 0 Å².